The summed E-state index contributed by atoms with van der Waals surface area (Å²) < 4.78 is 5.62. The first kappa shape index (κ1) is 11.9. The lowest BCUT2D eigenvalue weighted by atomic mass is 10.2. The Hall–Kier alpha value is -1.53. The Labute approximate surface area is 103 Å². The molecule has 1 aliphatic rings. The van der Waals surface area contributed by atoms with E-state index in [-0.39, 0.29) is 0 Å². The Morgan fingerprint density at radius 3 is 2.65 bits per heavy atom. The fourth-order valence-corrected chi connectivity index (χ4v) is 1.83. The summed E-state index contributed by atoms with van der Waals surface area (Å²) >= 11 is 0. The van der Waals surface area contributed by atoms with E-state index in [1.165, 1.54) is 12.8 Å². The SMILES string of the molecule is CN(CCCOc1ccc(C#N)cc1)C1CC1. The largest absolute Gasteiger partial charge is 0.494 e. The molecule has 90 valence electrons. The van der Waals surface area contributed by atoms with Crippen molar-refractivity contribution >= 4 is 0 Å². The van der Waals surface area contributed by atoms with Crippen LogP contribution in [0.2, 0.25) is 0 Å². The third kappa shape index (κ3) is 3.76. The molecule has 0 bridgehead atoms. The number of nitriles is 1. The van der Waals surface area contributed by atoms with Crippen molar-refractivity contribution in [1.82, 2.24) is 4.90 Å². The van der Waals surface area contributed by atoms with Gasteiger partial charge in [-0.15, -0.1) is 0 Å². The van der Waals surface area contributed by atoms with Crippen LogP contribution in [-0.2, 0) is 0 Å². The number of nitrogens with zero attached hydrogens (tertiary/aromatic N) is 2. The van der Waals surface area contributed by atoms with E-state index >= 15 is 0 Å². The summed E-state index contributed by atoms with van der Waals surface area (Å²) in [7, 11) is 2.18. The van der Waals surface area contributed by atoms with Gasteiger partial charge in [0.15, 0.2) is 0 Å². The van der Waals surface area contributed by atoms with Crippen LogP contribution < -0.4 is 4.74 Å². The zero-order chi connectivity index (χ0) is 12.1. The van der Waals surface area contributed by atoms with Crippen LogP contribution in [-0.4, -0.2) is 31.1 Å². The summed E-state index contributed by atoms with van der Waals surface area (Å²) in [6.07, 6.45) is 3.76. The van der Waals surface area contributed by atoms with E-state index in [4.69, 9.17) is 10.00 Å². The van der Waals surface area contributed by atoms with Crippen LogP contribution in [0, 0.1) is 11.3 Å². The van der Waals surface area contributed by atoms with Gasteiger partial charge in [-0.2, -0.15) is 5.26 Å². The van der Waals surface area contributed by atoms with E-state index in [1.807, 2.05) is 12.1 Å². The smallest absolute Gasteiger partial charge is 0.119 e. The van der Waals surface area contributed by atoms with Crippen LogP contribution in [0.3, 0.4) is 0 Å². The lowest BCUT2D eigenvalue weighted by Crippen LogP contribution is -2.23. The van der Waals surface area contributed by atoms with Crippen LogP contribution in [0.25, 0.3) is 0 Å². The van der Waals surface area contributed by atoms with Crippen LogP contribution in [0.5, 0.6) is 5.75 Å². The summed E-state index contributed by atoms with van der Waals surface area (Å²) in [6.45, 7) is 1.84. The summed E-state index contributed by atoms with van der Waals surface area (Å²) in [5.41, 5.74) is 0.672. The van der Waals surface area contributed by atoms with E-state index in [0.717, 1.165) is 31.4 Å². The first-order chi connectivity index (χ1) is 8.29. The molecule has 17 heavy (non-hydrogen) atoms. The molecule has 0 aliphatic heterocycles. The number of rotatable bonds is 6. The summed E-state index contributed by atoms with van der Waals surface area (Å²) in [4.78, 5) is 2.40. The minimum Gasteiger partial charge on any atom is -0.494 e. The van der Waals surface area contributed by atoms with Gasteiger partial charge in [-0.25, -0.2) is 0 Å². The second-order valence-electron chi connectivity index (χ2n) is 4.55. The van der Waals surface area contributed by atoms with Gasteiger partial charge in [-0.1, -0.05) is 0 Å². The zero-order valence-electron chi connectivity index (χ0n) is 10.2. The van der Waals surface area contributed by atoms with Crippen molar-refractivity contribution in [2.24, 2.45) is 0 Å². The standard InChI is InChI=1S/C14H18N2O/c1-16(13-5-6-13)9-2-10-17-14-7-3-12(11-15)4-8-14/h3-4,7-8,13H,2,5-6,9-10H2,1H3. The molecular formula is C14H18N2O. The molecule has 1 fully saturated rings. The van der Waals surface area contributed by atoms with Gasteiger partial charge in [-0.05, 0) is 50.6 Å². The van der Waals surface area contributed by atoms with Gasteiger partial charge >= 0.3 is 0 Å². The van der Waals surface area contributed by atoms with E-state index in [1.54, 1.807) is 12.1 Å². The van der Waals surface area contributed by atoms with E-state index in [9.17, 15) is 0 Å². The number of hydrogen-bond acceptors (Lipinski definition) is 3. The van der Waals surface area contributed by atoms with Crippen molar-refractivity contribution < 1.29 is 4.74 Å². The molecule has 1 aromatic carbocycles. The Kier molecular flexibility index (Phi) is 4.00. The van der Waals surface area contributed by atoms with Gasteiger partial charge in [-0.3, -0.25) is 0 Å². The van der Waals surface area contributed by atoms with Crippen molar-refractivity contribution in [2.45, 2.75) is 25.3 Å². The molecule has 0 radical (unpaired) electrons. The molecular weight excluding hydrogens is 212 g/mol. The molecule has 0 atom stereocenters. The van der Waals surface area contributed by atoms with Crippen LogP contribution in [0.1, 0.15) is 24.8 Å². The number of ether oxygens (including phenoxy) is 1. The first-order valence-electron chi connectivity index (χ1n) is 6.13. The van der Waals surface area contributed by atoms with E-state index in [0.29, 0.717) is 5.56 Å². The van der Waals surface area contributed by atoms with Crippen LogP contribution in [0.4, 0.5) is 0 Å². The summed E-state index contributed by atoms with van der Waals surface area (Å²) in [6, 6.07) is 10.2. The molecule has 3 nitrogen and oxygen atoms in total. The molecule has 0 heterocycles. The minimum absolute atomic E-state index is 0.672. The van der Waals surface area contributed by atoms with Crippen molar-refractivity contribution in [2.75, 3.05) is 20.2 Å². The molecule has 0 N–H and O–H groups in total. The van der Waals surface area contributed by atoms with Crippen molar-refractivity contribution in [3.05, 3.63) is 29.8 Å². The Morgan fingerprint density at radius 1 is 1.35 bits per heavy atom. The highest BCUT2D eigenvalue weighted by Crippen LogP contribution is 2.25. The Morgan fingerprint density at radius 2 is 2.06 bits per heavy atom. The van der Waals surface area contributed by atoms with Gasteiger partial charge < -0.3 is 9.64 Å². The van der Waals surface area contributed by atoms with Gasteiger partial charge in [0.2, 0.25) is 0 Å². The van der Waals surface area contributed by atoms with Crippen molar-refractivity contribution in [1.29, 1.82) is 5.26 Å². The molecule has 1 aromatic rings. The van der Waals surface area contributed by atoms with E-state index < -0.39 is 0 Å². The zero-order valence-corrected chi connectivity index (χ0v) is 10.2. The maximum atomic E-state index is 8.67. The third-order valence-electron chi connectivity index (χ3n) is 3.08. The molecule has 0 amide bonds. The highest BCUT2D eigenvalue weighted by atomic mass is 16.5. The molecule has 1 aliphatic carbocycles. The fourth-order valence-electron chi connectivity index (χ4n) is 1.83. The van der Waals surface area contributed by atoms with Gasteiger partial charge in [0, 0.05) is 12.6 Å². The molecule has 0 unspecified atom stereocenters. The lowest BCUT2D eigenvalue weighted by molar-refractivity contribution is 0.258. The monoisotopic (exact) mass is 230 g/mol. The summed E-state index contributed by atoms with van der Waals surface area (Å²) in [5.74, 6) is 0.845. The molecule has 2 rings (SSSR count). The van der Waals surface area contributed by atoms with Gasteiger partial charge in [0.25, 0.3) is 0 Å². The van der Waals surface area contributed by atoms with Crippen molar-refractivity contribution in [3.8, 4) is 11.8 Å². The second-order valence-corrected chi connectivity index (χ2v) is 4.55. The highest BCUT2D eigenvalue weighted by molar-refractivity contribution is 5.34. The maximum Gasteiger partial charge on any atom is 0.119 e. The lowest BCUT2D eigenvalue weighted by Gasteiger charge is -2.15. The maximum absolute atomic E-state index is 8.67. The van der Waals surface area contributed by atoms with Crippen LogP contribution in [0.15, 0.2) is 24.3 Å². The third-order valence-corrected chi connectivity index (χ3v) is 3.08. The Bertz CT molecular complexity index is 390. The minimum atomic E-state index is 0.672. The average molecular weight is 230 g/mol. The van der Waals surface area contributed by atoms with Gasteiger partial charge in [0.1, 0.15) is 5.75 Å². The molecule has 3 heteroatoms. The second kappa shape index (κ2) is 5.70. The van der Waals surface area contributed by atoms with E-state index in [2.05, 4.69) is 18.0 Å². The normalized spacial score (nSPS) is 14.6. The molecule has 0 aromatic heterocycles. The molecule has 1 saturated carbocycles. The topological polar surface area (TPSA) is 36.3 Å². The summed E-state index contributed by atoms with van der Waals surface area (Å²) in [5, 5.41) is 8.67. The molecule has 0 saturated heterocycles. The molecule has 0 spiro atoms. The predicted octanol–water partition coefficient (Wildman–Crippen LogP) is 2.42. The quantitative estimate of drug-likeness (QED) is 0.704. The first-order valence-corrected chi connectivity index (χ1v) is 6.13. The fraction of sp³-hybridized carbons (Fsp3) is 0.500. The van der Waals surface area contributed by atoms with Gasteiger partial charge in [0.05, 0.1) is 18.2 Å². The van der Waals surface area contributed by atoms with Crippen molar-refractivity contribution in [3.63, 3.8) is 0 Å². The average Bonchev–Trinajstić information content (AvgIpc) is 3.19. The Balaban J connectivity index is 1.65. The number of benzene rings is 1. The predicted molar refractivity (Wildman–Crippen MR) is 66.9 cm³/mol. The van der Waals surface area contributed by atoms with Crippen LogP contribution >= 0.6 is 0 Å². The highest BCUT2D eigenvalue weighted by Gasteiger charge is 2.25. The number of hydrogen-bond donors (Lipinski definition) is 0.